The highest BCUT2D eigenvalue weighted by atomic mass is 16.7. The Morgan fingerprint density at radius 1 is 1.24 bits per heavy atom. The number of rotatable bonds is 4. The Hall–Kier alpha value is -1.17. The van der Waals surface area contributed by atoms with E-state index < -0.39 is 0 Å². The van der Waals surface area contributed by atoms with Crippen molar-refractivity contribution in [3.05, 3.63) is 35.6 Å². The zero-order chi connectivity index (χ0) is 15.7. The number of hydrogen-bond acceptors (Lipinski definition) is 4. The first-order chi connectivity index (χ1) is 9.75. The molecule has 1 atom stereocenters. The highest BCUT2D eigenvalue weighted by molar-refractivity contribution is 6.52. The van der Waals surface area contributed by atoms with Gasteiger partial charge >= 0.3 is 7.12 Å². The second-order valence-corrected chi connectivity index (χ2v) is 6.51. The molecule has 0 aliphatic carbocycles. The molecule has 1 fully saturated rings. The summed E-state index contributed by atoms with van der Waals surface area (Å²) < 4.78 is 11.9. The van der Waals surface area contributed by atoms with Gasteiger partial charge < -0.3 is 14.6 Å². The van der Waals surface area contributed by atoms with Crippen molar-refractivity contribution in [3.63, 3.8) is 0 Å². The minimum atomic E-state index is -0.331. The molecular formula is C16H25BN2O2. The van der Waals surface area contributed by atoms with Crippen LogP contribution in [0.25, 0.3) is 6.08 Å². The summed E-state index contributed by atoms with van der Waals surface area (Å²) in [6, 6.07) is 4.40. The minimum absolute atomic E-state index is 0.303. The number of aromatic nitrogens is 1. The number of hydrogen-bond donors (Lipinski definition) is 1. The standard InChI is InChI=1S/C16H25BN2O2/c1-12(18-6)13-8-10-19-14(11-13)7-9-17-20-15(2,3)16(4,5)21-17/h7-12,18H,1-6H3/b9-7+/t12-/m1/s1. The molecule has 1 aromatic rings. The van der Waals surface area contributed by atoms with Crippen LogP contribution in [0.15, 0.2) is 24.3 Å². The van der Waals surface area contributed by atoms with E-state index in [1.807, 2.05) is 59.1 Å². The maximum absolute atomic E-state index is 5.94. The molecule has 1 saturated heterocycles. The quantitative estimate of drug-likeness (QED) is 0.865. The van der Waals surface area contributed by atoms with Gasteiger partial charge in [0.1, 0.15) is 0 Å². The first kappa shape index (κ1) is 16.2. The molecule has 2 rings (SSSR count). The Morgan fingerprint density at radius 3 is 2.43 bits per heavy atom. The SMILES string of the molecule is CN[C@H](C)c1ccnc(/C=C/B2OC(C)(C)C(C)(C)O2)c1. The first-order valence-electron chi connectivity index (χ1n) is 7.42. The molecule has 21 heavy (non-hydrogen) atoms. The van der Waals surface area contributed by atoms with Crippen LogP contribution in [0.5, 0.6) is 0 Å². The van der Waals surface area contributed by atoms with Crippen molar-refractivity contribution in [2.75, 3.05) is 7.05 Å². The van der Waals surface area contributed by atoms with Gasteiger partial charge in [-0.2, -0.15) is 0 Å². The topological polar surface area (TPSA) is 43.4 Å². The first-order valence-corrected chi connectivity index (χ1v) is 7.42. The molecule has 1 aromatic heterocycles. The summed E-state index contributed by atoms with van der Waals surface area (Å²) in [5, 5.41) is 3.23. The highest BCUT2D eigenvalue weighted by Crippen LogP contribution is 2.36. The molecule has 0 amide bonds. The number of pyridine rings is 1. The van der Waals surface area contributed by atoms with Gasteiger partial charge in [-0.3, -0.25) is 4.98 Å². The molecule has 0 radical (unpaired) electrons. The third-order valence-electron chi connectivity index (χ3n) is 4.43. The van der Waals surface area contributed by atoms with E-state index in [9.17, 15) is 0 Å². The smallest absolute Gasteiger partial charge is 0.400 e. The zero-order valence-electron chi connectivity index (χ0n) is 13.8. The highest BCUT2D eigenvalue weighted by Gasteiger charge is 2.49. The third kappa shape index (κ3) is 3.54. The molecule has 1 N–H and O–H groups in total. The van der Waals surface area contributed by atoms with Gasteiger partial charge in [0.2, 0.25) is 0 Å². The lowest BCUT2D eigenvalue weighted by molar-refractivity contribution is 0.00578. The van der Waals surface area contributed by atoms with Crippen molar-refractivity contribution < 1.29 is 9.31 Å². The maximum Gasteiger partial charge on any atom is 0.487 e. The summed E-state index contributed by atoms with van der Waals surface area (Å²) in [5.41, 5.74) is 1.50. The molecule has 0 bridgehead atoms. The Morgan fingerprint density at radius 2 is 1.86 bits per heavy atom. The normalized spacial score (nSPS) is 21.9. The fraction of sp³-hybridized carbons (Fsp3) is 0.562. The van der Waals surface area contributed by atoms with Crippen LogP contribution < -0.4 is 5.32 Å². The van der Waals surface area contributed by atoms with Crippen molar-refractivity contribution >= 4 is 13.2 Å². The lowest BCUT2D eigenvalue weighted by atomic mass is 9.89. The van der Waals surface area contributed by atoms with E-state index in [1.165, 1.54) is 5.56 Å². The molecule has 0 saturated carbocycles. The summed E-state index contributed by atoms with van der Waals surface area (Å²) in [6.45, 7) is 10.3. The maximum atomic E-state index is 5.94. The van der Waals surface area contributed by atoms with Crippen LogP contribution >= 0.6 is 0 Å². The van der Waals surface area contributed by atoms with E-state index >= 15 is 0 Å². The Kier molecular flexibility index (Phi) is 4.56. The van der Waals surface area contributed by atoms with Gasteiger partial charge in [-0.25, -0.2) is 0 Å². The van der Waals surface area contributed by atoms with Crippen LogP contribution in [0.4, 0.5) is 0 Å². The summed E-state index contributed by atoms with van der Waals surface area (Å²) in [4.78, 5) is 4.36. The van der Waals surface area contributed by atoms with Crippen molar-refractivity contribution in [1.82, 2.24) is 10.3 Å². The largest absolute Gasteiger partial charge is 0.487 e. The molecule has 0 spiro atoms. The van der Waals surface area contributed by atoms with E-state index in [1.54, 1.807) is 0 Å². The number of nitrogens with zero attached hydrogens (tertiary/aromatic N) is 1. The van der Waals surface area contributed by atoms with Gasteiger partial charge in [0.25, 0.3) is 0 Å². The predicted octanol–water partition coefficient (Wildman–Crippen LogP) is 3.01. The van der Waals surface area contributed by atoms with Crippen molar-refractivity contribution in [2.24, 2.45) is 0 Å². The van der Waals surface area contributed by atoms with Gasteiger partial charge in [0.15, 0.2) is 0 Å². The van der Waals surface area contributed by atoms with E-state index in [0.717, 1.165) is 5.69 Å². The van der Waals surface area contributed by atoms with Crippen LogP contribution in [-0.4, -0.2) is 30.4 Å². The monoisotopic (exact) mass is 288 g/mol. The fourth-order valence-electron chi connectivity index (χ4n) is 2.14. The molecule has 2 heterocycles. The van der Waals surface area contributed by atoms with E-state index in [2.05, 4.69) is 23.3 Å². The summed E-state index contributed by atoms with van der Waals surface area (Å²) >= 11 is 0. The molecule has 0 aromatic carbocycles. The van der Waals surface area contributed by atoms with Crippen molar-refractivity contribution in [3.8, 4) is 0 Å². The van der Waals surface area contributed by atoms with Crippen LogP contribution in [0.1, 0.15) is 51.9 Å². The summed E-state index contributed by atoms with van der Waals surface area (Å²) in [6.07, 6.45) is 3.78. The lowest BCUT2D eigenvalue weighted by Gasteiger charge is -2.32. The van der Waals surface area contributed by atoms with E-state index in [0.29, 0.717) is 6.04 Å². The summed E-state index contributed by atoms with van der Waals surface area (Å²) in [7, 11) is 1.62. The Bertz CT molecular complexity index is 513. The van der Waals surface area contributed by atoms with Gasteiger partial charge in [0, 0.05) is 12.2 Å². The van der Waals surface area contributed by atoms with E-state index in [-0.39, 0.29) is 18.3 Å². The average Bonchev–Trinajstić information content (AvgIpc) is 2.64. The molecular weight excluding hydrogens is 263 g/mol. The predicted molar refractivity (Wildman–Crippen MR) is 86.8 cm³/mol. The molecule has 1 aliphatic rings. The minimum Gasteiger partial charge on any atom is -0.400 e. The fourth-order valence-corrected chi connectivity index (χ4v) is 2.14. The molecule has 5 heteroatoms. The van der Waals surface area contributed by atoms with Gasteiger partial charge in [0.05, 0.1) is 16.9 Å². The molecule has 4 nitrogen and oxygen atoms in total. The van der Waals surface area contributed by atoms with Crippen molar-refractivity contribution in [2.45, 2.75) is 51.9 Å². The summed E-state index contributed by atoms with van der Waals surface area (Å²) in [5.74, 6) is 1.92. The molecule has 1 aliphatic heterocycles. The van der Waals surface area contributed by atoms with Crippen LogP contribution in [0, 0.1) is 0 Å². The van der Waals surface area contributed by atoms with E-state index in [4.69, 9.17) is 9.31 Å². The van der Waals surface area contributed by atoms with Crippen molar-refractivity contribution in [1.29, 1.82) is 0 Å². The Balaban J connectivity index is 2.09. The Labute approximate surface area is 128 Å². The third-order valence-corrected chi connectivity index (χ3v) is 4.43. The second-order valence-electron chi connectivity index (χ2n) is 6.51. The van der Waals surface area contributed by atoms with Gasteiger partial charge in [-0.15, -0.1) is 0 Å². The molecule has 114 valence electrons. The molecule has 0 unspecified atom stereocenters. The zero-order valence-corrected chi connectivity index (χ0v) is 13.8. The van der Waals surface area contributed by atoms with Gasteiger partial charge in [-0.1, -0.05) is 5.98 Å². The average molecular weight is 288 g/mol. The van der Waals surface area contributed by atoms with Crippen LogP contribution in [0.3, 0.4) is 0 Å². The lowest BCUT2D eigenvalue weighted by Crippen LogP contribution is -2.41. The number of nitrogens with one attached hydrogen (secondary N) is 1. The van der Waals surface area contributed by atoms with Crippen LogP contribution in [-0.2, 0) is 9.31 Å². The second kappa shape index (κ2) is 5.91. The van der Waals surface area contributed by atoms with Crippen LogP contribution in [0.2, 0.25) is 0 Å². The van der Waals surface area contributed by atoms with Gasteiger partial charge in [-0.05, 0) is 65.4 Å².